The minimum atomic E-state index is -0.437. The SMILES string of the molecule is O=c1c(Cl)c(N/N=C\c2ccc(O)cc2)cnn1-c1ccccc1. The summed E-state index contributed by atoms with van der Waals surface area (Å²) in [5, 5.41) is 17.3. The Morgan fingerprint density at radius 1 is 1.12 bits per heavy atom. The third-order valence-electron chi connectivity index (χ3n) is 3.21. The van der Waals surface area contributed by atoms with Crippen LogP contribution in [-0.4, -0.2) is 21.1 Å². The van der Waals surface area contributed by atoms with Crippen molar-refractivity contribution in [2.24, 2.45) is 5.10 Å². The molecule has 0 amide bonds. The number of hydrazone groups is 1. The number of aromatic nitrogens is 2. The Morgan fingerprint density at radius 2 is 1.83 bits per heavy atom. The number of aromatic hydroxyl groups is 1. The van der Waals surface area contributed by atoms with E-state index >= 15 is 0 Å². The molecule has 24 heavy (non-hydrogen) atoms. The summed E-state index contributed by atoms with van der Waals surface area (Å²) in [5.74, 6) is 0.178. The topological polar surface area (TPSA) is 79.5 Å². The Bertz CT molecular complexity index is 922. The lowest BCUT2D eigenvalue weighted by Crippen LogP contribution is -2.22. The van der Waals surface area contributed by atoms with Crippen molar-refractivity contribution < 1.29 is 5.11 Å². The minimum absolute atomic E-state index is 0.00305. The molecule has 2 aromatic carbocycles. The summed E-state index contributed by atoms with van der Waals surface area (Å²) in [5.41, 5.74) is 3.97. The highest BCUT2D eigenvalue weighted by Crippen LogP contribution is 2.16. The molecule has 0 saturated heterocycles. The van der Waals surface area contributed by atoms with Gasteiger partial charge in [0.2, 0.25) is 0 Å². The van der Waals surface area contributed by atoms with Gasteiger partial charge in [0.25, 0.3) is 5.56 Å². The number of nitrogens with zero attached hydrogens (tertiary/aromatic N) is 3. The van der Waals surface area contributed by atoms with Crippen molar-refractivity contribution >= 4 is 23.5 Å². The maximum absolute atomic E-state index is 12.3. The number of phenolic OH excluding ortho intramolecular Hbond substituents is 1. The first-order valence-electron chi connectivity index (χ1n) is 7.06. The first-order chi connectivity index (χ1) is 11.6. The van der Waals surface area contributed by atoms with Crippen LogP contribution in [0.3, 0.4) is 0 Å². The monoisotopic (exact) mass is 340 g/mol. The number of hydrogen-bond donors (Lipinski definition) is 2. The van der Waals surface area contributed by atoms with Crippen molar-refractivity contribution in [2.45, 2.75) is 0 Å². The van der Waals surface area contributed by atoms with Gasteiger partial charge in [-0.25, -0.2) is 0 Å². The van der Waals surface area contributed by atoms with Crippen LogP contribution < -0.4 is 11.0 Å². The zero-order valence-electron chi connectivity index (χ0n) is 12.4. The molecule has 6 nitrogen and oxygen atoms in total. The number of anilines is 1. The summed E-state index contributed by atoms with van der Waals surface area (Å²) in [7, 11) is 0. The maximum atomic E-state index is 12.3. The smallest absolute Gasteiger partial charge is 0.292 e. The molecule has 0 saturated carbocycles. The van der Waals surface area contributed by atoms with Crippen LogP contribution >= 0.6 is 11.6 Å². The molecule has 120 valence electrons. The second-order valence-corrected chi connectivity index (χ2v) is 5.26. The van der Waals surface area contributed by atoms with Gasteiger partial charge in [-0.2, -0.15) is 14.9 Å². The van der Waals surface area contributed by atoms with Gasteiger partial charge in [0.1, 0.15) is 16.5 Å². The molecule has 0 radical (unpaired) electrons. The van der Waals surface area contributed by atoms with Gasteiger partial charge in [0.15, 0.2) is 0 Å². The molecular formula is C17H13ClN4O2. The average molecular weight is 341 g/mol. The van der Waals surface area contributed by atoms with E-state index in [-0.39, 0.29) is 10.8 Å². The summed E-state index contributed by atoms with van der Waals surface area (Å²) in [6.07, 6.45) is 2.98. The van der Waals surface area contributed by atoms with Crippen LogP contribution in [0.25, 0.3) is 5.69 Å². The van der Waals surface area contributed by atoms with E-state index in [9.17, 15) is 9.90 Å². The van der Waals surface area contributed by atoms with Gasteiger partial charge in [0.05, 0.1) is 18.1 Å². The standard InChI is InChI=1S/C17H13ClN4O2/c18-16-15(21-19-10-12-6-8-14(23)9-7-12)11-20-22(17(16)24)13-4-2-1-3-5-13/h1-11,21,23H/b19-10-. The van der Waals surface area contributed by atoms with Crippen LogP contribution in [0, 0.1) is 0 Å². The number of halogens is 1. The predicted molar refractivity (Wildman–Crippen MR) is 94.2 cm³/mol. The third kappa shape index (κ3) is 3.44. The number of para-hydroxylation sites is 1. The summed E-state index contributed by atoms with van der Waals surface area (Å²) >= 11 is 6.11. The van der Waals surface area contributed by atoms with Crippen LogP contribution in [0.15, 0.2) is 70.7 Å². The van der Waals surface area contributed by atoms with Crippen molar-refractivity contribution in [3.8, 4) is 11.4 Å². The molecule has 1 heterocycles. The van der Waals surface area contributed by atoms with Crippen LogP contribution in [0.1, 0.15) is 5.56 Å². The van der Waals surface area contributed by atoms with Crippen molar-refractivity contribution in [2.75, 3.05) is 5.43 Å². The van der Waals surface area contributed by atoms with E-state index in [4.69, 9.17) is 11.6 Å². The average Bonchev–Trinajstić information content (AvgIpc) is 2.61. The summed E-state index contributed by atoms with van der Waals surface area (Å²) in [6, 6.07) is 15.5. The van der Waals surface area contributed by atoms with Crippen molar-refractivity contribution in [3.63, 3.8) is 0 Å². The molecule has 3 aromatic rings. The Morgan fingerprint density at radius 3 is 2.54 bits per heavy atom. The zero-order chi connectivity index (χ0) is 16.9. The Labute approximate surface area is 142 Å². The van der Waals surface area contributed by atoms with E-state index in [0.717, 1.165) is 5.56 Å². The Kier molecular flexibility index (Phi) is 4.58. The van der Waals surface area contributed by atoms with E-state index in [0.29, 0.717) is 11.4 Å². The van der Waals surface area contributed by atoms with Crippen molar-refractivity contribution in [1.29, 1.82) is 0 Å². The minimum Gasteiger partial charge on any atom is -0.508 e. The zero-order valence-corrected chi connectivity index (χ0v) is 13.2. The van der Waals surface area contributed by atoms with Gasteiger partial charge in [-0.15, -0.1) is 0 Å². The molecule has 0 bridgehead atoms. The van der Waals surface area contributed by atoms with Crippen LogP contribution in [-0.2, 0) is 0 Å². The fourth-order valence-electron chi connectivity index (χ4n) is 2.00. The van der Waals surface area contributed by atoms with Crippen LogP contribution in [0.4, 0.5) is 5.69 Å². The number of phenols is 1. The normalized spacial score (nSPS) is 10.9. The molecule has 0 unspecified atom stereocenters. The molecule has 1 aromatic heterocycles. The number of nitrogens with one attached hydrogen (secondary N) is 1. The molecule has 2 N–H and O–H groups in total. The Balaban J connectivity index is 1.81. The van der Waals surface area contributed by atoms with Gasteiger partial charge in [-0.3, -0.25) is 10.2 Å². The molecule has 0 spiro atoms. The lowest BCUT2D eigenvalue weighted by atomic mass is 10.2. The van der Waals surface area contributed by atoms with E-state index in [1.54, 1.807) is 42.6 Å². The quantitative estimate of drug-likeness (QED) is 0.565. The summed E-state index contributed by atoms with van der Waals surface area (Å²) in [6.45, 7) is 0. The fourth-order valence-corrected chi connectivity index (χ4v) is 2.17. The molecule has 0 aliphatic rings. The lowest BCUT2D eigenvalue weighted by Gasteiger charge is -2.07. The highest BCUT2D eigenvalue weighted by molar-refractivity contribution is 6.32. The second kappa shape index (κ2) is 6.97. The molecule has 0 aliphatic carbocycles. The number of rotatable bonds is 4. The largest absolute Gasteiger partial charge is 0.508 e. The van der Waals surface area contributed by atoms with E-state index in [2.05, 4.69) is 15.6 Å². The number of hydrogen-bond acceptors (Lipinski definition) is 5. The van der Waals surface area contributed by atoms with E-state index in [1.165, 1.54) is 10.9 Å². The van der Waals surface area contributed by atoms with Gasteiger partial charge in [-0.05, 0) is 42.0 Å². The second-order valence-electron chi connectivity index (χ2n) is 4.89. The predicted octanol–water partition coefficient (Wildman–Crippen LogP) is 3.04. The van der Waals surface area contributed by atoms with Crippen LogP contribution in [0.5, 0.6) is 5.75 Å². The van der Waals surface area contributed by atoms with E-state index in [1.807, 2.05) is 18.2 Å². The fraction of sp³-hybridized carbons (Fsp3) is 0. The molecule has 0 fully saturated rings. The molecule has 7 heteroatoms. The summed E-state index contributed by atoms with van der Waals surface area (Å²) in [4.78, 5) is 12.3. The van der Waals surface area contributed by atoms with Crippen molar-refractivity contribution in [3.05, 3.63) is 81.7 Å². The molecule has 3 rings (SSSR count). The van der Waals surface area contributed by atoms with Crippen LogP contribution in [0.2, 0.25) is 5.02 Å². The third-order valence-corrected chi connectivity index (χ3v) is 3.58. The van der Waals surface area contributed by atoms with Gasteiger partial charge >= 0.3 is 0 Å². The molecular weight excluding hydrogens is 328 g/mol. The Hall–Kier alpha value is -3.12. The number of benzene rings is 2. The molecule has 0 atom stereocenters. The first-order valence-corrected chi connectivity index (χ1v) is 7.44. The lowest BCUT2D eigenvalue weighted by molar-refractivity contribution is 0.475. The first kappa shape index (κ1) is 15.8. The maximum Gasteiger partial charge on any atom is 0.292 e. The molecule has 0 aliphatic heterocycles. The van der Waals surface area contributed by atoms with Gasteiger partial charge < -0.3 is 5.11 Å². The van der Waals surface area contributed by atoms with Gasteiger partial charge in [-0.1, -0.05) is 29.8 Å². The van der Waals surface area contributed by atoms with Gasteiger partial charge in [0, 0.05) is 0 Å². The highest BCUT2D eigenvalue weighted by atomic mass is 35.5. The summed E-state index contributed by atoms with van der Waals surface area (Å²) < 4.78 is 1.22. The van der Waals surface area contributed by atoms with E-state index < -0.39 is 5.56 Å². The van der Waals surface area contributed by atoms with Crippen molar-refractivity contribution in [1.82, 2.24) is 9.78 Å². The highest BCUT2D eigenvalue weighted by Gasteiger charge is 2.09.